The molecular weight excluding hydrogens is 471 g/mol. The second-order valence-electron chi connectivity index (χ2n) is 8.28. The van der Waals surface area contributed by atoms with Crippen LogP contribution < -0.4 is 14.4 Å². The van der Waals surface area contributed by atoms with E-state index in [1.54, 1.807) is 11.9 Å². The number of ketones is 1. The van der Waals surface area contributed by atoms with Crippen molar-refractivity contribution in [1.82, 2.24) is 4.72 Å². The van der Waals surface area contributed by atoms with Gasteiger partial charge in [-0.05, 0) is 41.8 Å². The van der Waals surface area contributed by atoms with Gasteiger partial charge in [0.1, 0.15) is 0 Å². The fourth-order valence-corrected chi connectivity index (χ4v) is 4.20. The number of anilines is 1. The van der Waals surface area contributed by atoms with E-state index in [0.717, 1.165) is 29.5 Å². The monoisotopic (exact) mass is 500 g/mol. The SMILES string of the molecule is CCCOc1c(Cl)cc(C(C)(C)c2ccc(N(C)CC(=O)CNS(C)(=O)=O)cc2)cc1Cl. The second-order valence-corrected chi connectivity index (χ2v) is 10.9. The Morgan fingerprint density at radius 3 is 2.16 bits per heavy atom. The number of nitrogens with one attached hydrogen (secondary N) is 1. The first kappa shape index (κ1) is 26.5. The predicted octanol–water partition coefficient (Wildman–Crippen LogP) is 4.66. The molecule has 0 heterocycles. The molecule has 0 fully saturated rings. The minimum atomic E-state index is -3.40. The maximum absolute atomic E-state index is 12.0. The van der Waals surface area contributed by atoms with Gasteiger partial charge in [0.2, 0.25) is 10.0 Å². The summed E-state index contributed by atoms with van der Waals surface area (Å²) in [6.45, 7) is 6.59. The van der Waals surface area contributed by atoms with E-state index in [-0.39, 0.29) is 24.3 Å². The molecule has 32 heavy (non-hydrogen) atoms. The Morgan fingerprint density at radius 1 is 1.09 bits per heavy atom. The molecular formula is C23H30Cl2N2O4S. The van der Waals surface area contributed by atoms with E-state index in [4.69, 9.17) is 27.9 Å². The number of benzene rings is 2. The van der Waals surface area contributed by atoms with Gasteiger partial charge in [0.25, 0.3) is 0 Å². The van der Waals surface area contributed by atoms with E-state index < -0.39 is 10.0 Å². The zero-order valence-corrected chi connectivity index (χ0v) is 21.4. The average molecular weight is 501 g/mol. The van der Waals surface area contributed by atoms with Crippen LogP contribution in [-0.4, -0.2) is 47.2 Å². The van der Waals surface area contributed by atoms with Crippen LogP contribution in [0.3, 0.4) is 0 Å². The molecule has 2 rings (SSSR count). The molecule has 1 N–H and O–H groups in total. The van der Waals surface area contributed by atoms with E-state index in [0.29, 0.717) is 22.4 Å². The quantitative estimate of drug-likeness (QED) is 0.485. The van der Waals surface area contributed by atoms with Crippen LogP contribution in [0.2, 0.25) is 10.0 Å². The van der Waals surface area contributed by atoms with E-state index in [1.807, 2.05) is 43.3 Å². The number of halogens is 2. The summed E-state index contributed by atoms with van der Waals surface area (Å²) >= 11 is 12.9. The maximum Gasteiger partial charge on any atom is 0.209 e. The second kappa shape index (κ2) is 10.9. The largest absolute Gasteiger partial charge is 0.490 e. The van der Waals surface area contributed by atoms with Gasteiger partial charge in [-0.1, -0.05) is 56.1 Å². The number of carbonyl (C=O) groups is 1. The molecule has 0 saturated carbocycles. The lowest BCUT2D eigenvalue weighted by Crippen LogP contribution is -2.35. The third kappa shape index (κ3) is 7.10. The lowest BCUT2D eigenvalue weighted by Gasteiger charge is -2.28. The van der Waals surface area contributed by atoms with Gasteiger partial charge in [-0.3, -0.25) is 4.79 Å². The molecule has 176 valence electrons. The van der Waals surface area contributed by atoms with Gasteiger partial charge in [-0.2, -0.15) is 0 Å². The van der Waals surface area contributed by atoms with Crippen LogP contribution in [0.1, 0.15) is 38.3 Å². The first-order valence-electron chi connectivity index (χ1n) is 10.3. The molecule has 6 nitrogen and oxygen atoms in total. The lowest BCUT2D eigenvalue weighted by atomic mass is 9.78. The van der Waals surface area contributed by atoms with Crippen LogP contribution in [0.4, 0.5) is 5.69 Å². The van der Waals surface area contributed by atoms with Crippen LogP contribution >= 0.6 is 23.2 Å². The Balaban J connectivity index is 2.16. The topological polar surface area (TPSA) is 75.7 Å². The van der Waals surface area contributed by atoms with Crippen molar-refractivity contribution in [3.8, 4) is 5.75 Å². The van der Waals surface area contributed by atoms with Crippen molar-refractivity contribution in [2.24, 2.45) is 0 Å². The highest BCUT2D eigenvalue weighted by Gasteiger charge is 2.26. The molecule has 0 bridgehead atoms. The van der Waals surface area contributed by atoms with E-state index in [9.17, 15) is 13.2 Å². The van der Waals surface area contributed by atoms with Crippen molar-refractivity contribution in [1.29, 1.82) is 0 Å². The van der Waals surface area contributed by atoms with Gasteiger partial charge in [0, 0.05) is 18.2 Å². The summed E-state index contributed by atoms with van der Waals surface area (Å²) in [5, 5.41) is 0.957. The van der Waals surface area contributed by atoms with Gasteiger partial charge >= 0.3 is 0 Å². The molecule has 0 spiro atoms. The van der Waals surface area contributed by atoms with Crippen molar-refractivity contribution < 1.29 is 17.9 Å². The van der Waals surface area contributed by atoms with Gasteiger partial charge in [-0.15, -0.1) is 0 Å². The average Bonchev–Trinajstić information content (AvgIpc) is 2.71. The minimum absolute atomic E-state index is 0.0930. The minimum Gasteiger partial charge on any atom is -0.490 e. The van der Waals surface area contributed by atoms with Crippen LogP contribution in [0, 0.1) is 0 Å². The van der Waals surface area contributed by atoms with Crippen LogP contribution in [-0.2, 0) is 20.2 Å². The maximum atomic E-state index is 12.0. The molecule has 0 aliphatic rings. The number of hydrogen-bond acceptors (Lipinski definition) is 5. The normalized spacial score (nSPS) is 12.0. The van der Waals surface area contributed by atoms with E-state index >= 15 is 0 Å². The van der Waals surface area contributed by atoms with Gasteiger partial charge in [0.15, 0.2) is 11.5 Å². The summed E-state index contributed by atoms with van der Waals surface area (Å²) < 4.78 is 30.2. The summed E-state index contributed by atoms with van der Waals surface area (Å²) in [5.74, 6) is 0.277. The number of Topliss-reactive ketones (excluding diaryl/α,β-unsaturated/α-hetero) is 1. The molecule has 0 radical (unpaired) electrons. The molecule has 0 atom stereocenters. The highest BCUT2D eigenvalue weighted by atomic mass is 35.5. The zero-order chi connectivity index (χ0) is 24.1. The first-order chi connectivity index (χ1) is 14.8. The van der Waals surface area contributed by atoms with Gasteiger partial charge < -0.3 is 9.64 Å². The lowest BCUT2D eigenvalue weighted by molar-refractivity contribution is -0.116. The van der Waals surface area contributed by atoms with Gasteiger partial charge in [-0.25, -0.2) is 13.1 Å². The fraction of sp³-hybridized carbons (Fsp3) is 0.435. The van der Waals surface area contributed by atoms with Crippen molar-refractivity contribution >= 4 is 44.7 Å². The number of sulfonamides is 1. The first-order valence-corrected chi connectivity index (χ1v) is 12.9. The molecule has 0 unspecified atom stereocenters. The van der Waals surface area contributed by atoms with E-state index in [1.165, 1.54) is 0 Å². The summed E-state index contributed by atoms with van der Waals surface area (Å²) in [6, 6.07) is 11.6. The Morgan fingerprint density at radius 2 is 1.66 bits per heavy atom. The fourth-order valence-electron chi connectivity index (χ4n) is 3.19. The van der Waals surface area contributed by atoms with Crippen LogP contribution in [0.5, 0.6) is 5.75 Å². The van der Waals surface area contributed by atoms with Crippen molar-refractivity contribution in [2.45, 2.75) is 32.6 Å². The third-order valence-corrected chi connectivity index (χ3v) is 6.38. The Labute approximate surface area is 200 Å². The number of carbonyl (C=O) groups excluding carboxylic acids is 1. The zero-order valence-electron chi connectivity index (χ0n) is 19.0. The molecule has 0 aliphatic carbocycles. The number of likely N-dealkylation sites (N-methyl/N-ethyl adjacent to an activating group) is 1. The molecule has 9 heteroatoms. The Bertz CT molecular complexity index is 1030. The van der Waals surface area contributed by atoms with Crippen molar-refractivity contribution in [2.75, 3.05) is 37.9 Å². The summed E-state index contributed by atoms with van der Waals surface area (Å²) in [7, 11) is -1.61. The standard InChI is InChI=1S/C23H30Cl2N2O4S/c1-6-11-31-22-20(24)12-17(13-21(22)25)23(2,3)16-7-9-18(10-8-16)27(4)15-19(28)14-26-32(5,29)30/h7-10,12-13,26H,6,11,14-15H2,1-5H3. The number of nitrogens with zero attached hydrogens (tertiary/aromatic N) is 1. The molecule has 0 aliphatic heterocycles. The number of rotatable bonds is 11. The highest BCUT2D eigenvalue weighted by molar-refractivity contribution is 7.88. The highest BCUT2D eigenvalue weighted by Crippen LogP contribution is 2.40. The van der Waals surface area contributed by atoms with Gasteiger partial charge in [0.05, 0.1) is 36.0 Å². The smallest absolute Gasteiger partial charge is 0.209 e. The molecule has 0 aromatic heterocycles. The summed E-state index contributed by atoms with van der Waals surface area (Å²) in [4.78, 5) is 13.8. The summed E-state index contributed by atoms with van der Waals surface area (Å²) in [6.07, 6.45) is 1.89. The predicted molar refractivity (Wildman–Crippen MR) is 132 cm³/mol. The molecule has 2 aromatic rings. The Kier molecular flexibility index (Phi) is 8.99. The third-order valence-electron chi connectivity index (χ3n) is 5.15. The molecule has 0 amide bonds. The number of ether oxygens (including phenoxy) is 1. The van der Waals surface area contributed by atoms with Crippen LogP contribution in [0.15, 0.2) is 36.4 Å². The Hall–Kier alpha value is -1.80. The summed E-state index contributed by atoms with van der Waals surface area (Å²) in [5.41, 5.74) is 2.48. The molecule has 2 aromatic carbocycles. The molecule has 0 saturated heterocycles. The van der Waals surface area contributed by atoms with Crippen molar-refractivity contribution in [3.63, 3.8) is 0 Å². The van der Waals surface area contributed by atoms with Crippen molar-refractivity contribution in [3.05, 3.63) is 57.6 Å². The number of hydrogen-bond donors (Lipinski definition) is 1. The van der Waals surface area contributed by atoms with E-state index in [2.05, 4.69) is 18.6 Å². The van der Waals surface area contributed by atoms with Crippen LogP contribution in [0.25, 0.3) is 0 Å².